The fourth-order valence-electron chi connectivity index (χ4n) is 3.46. The number of carbonyl (C=O) groups excluding carboxylic acids is 2. The van der Waals surface area contributed by atoms with Gasteiger partial charge in [0.05, 0.1) is 12.6 Å². The number of carbonyl (C=O) groups is 4. The minimum Gasteiger partial charge on any atom is -0.473 e. The highest BCUT2D eigenvalue weighted by molar-refractivity contribution is 6.27. The molecule has 2 saturated heterocycles. The van der Waals surface area contributed by atoms with E-state index in [0.717, 1.165) is 18.5 Å². The first kappa shape index (κ1) is 24.6. The van der Waals surface area contributed by atoms with Crippen molar-refractivity contribution in [3.05, 3.63) is 29.8 Å². The van der Waals surface area contributed by atoms with Crippen molar-refractivity contribution in [2.75, 3.05) is 44.2 Å². The molecule has 1 atom stereocenters. The summed E-state index contributed by atoms with van der Waals surface area (Å²) in [6.45, 7) is 5.39. The van der Waals surface area contributed by atoms with Gasteiger partial charge in [-0.15, -0.1) is 0 Å². The lowest BCUT2D eigenvalue weighted by Crippen LogP contribution is -2.43. The van der Waals surface area contributed by atoms with E-state index in [0.29, 0.717) is 32.7 Å². The molecule has 11 nitrogen and oxygen atoms in total. The van der Waals surface area contributed by atoms with Crippen molar-refractivity contribution < 1.29 is 29.4 Å². The molecule has 32 heavy (non-hydrogen) atoms. The maximum atomic E-state index is 12.5. The van der Waals surface area contributed by atoms with Crippen molar-refractivity contribution in [3.8, 4) is 6.07 Å². The third-order valence-corrected chi connectivity index (χ3v) is 5.18. The molecule has 2 heterocycles. The number of carboxylic acid groups (broad SMARTS) is 2. The third kappa shape index (κ3) is 6.68. The summed E-state index contributed by atoms with van der Waals surface area (Å²) in [6.07, 6.45) is 1.65. The first-order chi connectivity index (χ1) is 15.2. The lowest BCUT2D eigenvalue weighted by Gasteiger charge is -2.21. The van der Waals surface area contributed by atoms with Crippen LogP contribution in [0.4, 0.5) is 10.5 Å². The zero-order chi connectivity index (χ0) is 23.7. The third-order valence-electron chi connectivity index (χ3n) is 5.18. The van der Waals surface area contributed by atoms with Crippen LogP contribution in [0.15, 0.2) is 24.3 Å². The second kappa shape index (κ2) is 11.7. The monoisotopic (exact) mass is 445 g/mol. The number of nitrogens with zero attached hydrogens (tertiary/aromatic N) is 4. The fourth-order valence-corrected chi connectivity index (χ4v) is 3.46. The number of benzene rings is 1. The van der Waals surface area contributed by atoms with Crippen LogP contribution >= 0.6 is 0 Å². The van der Waals surface area contributed by atoms with Crippen LogP contribution < -0.4 is 10.2 Å². The molecule has 3 N–H and O–H groups in total. The number of rotatable bonds is 6. The molecule has 2 fully saturated rings. The Kier molecular flexibility index (Phi) is 8.97. The van der Waals surface area contributed by atoms with Gasteiger partial charge in [0.2, 0.25) is 5.91 Å². The van der Waals surface area contributed by atoms with Crippen LogP contribution in [0.3, 0.4) is 0 Å². The smallest absolute Gasteiger partial charge is 0.414 e. The molecule has 11 heteroatoms. The summed E-state index contributed by atoms with van der Waals surface area (Å²) in [4.78, 5) is 48.1. The van der Waals surface area contributed by atoms with E-state index in [1.807, 2.05) is 31.2 Å². The van der Waals surface area contributed by atoms with Crippen LogP contribution in [0.1, 0.15) is 18.4 Å². The standard InChI is InChI=1S/C19H25N5O2.C2H2O4/c1-15-4-6-16(7-5-15)24-12-11-22(19(24)26)10-8-21-14-18(25)23-9-2-3-17(23)13-20;3-1(4)2(5)6/h4-7,17,21H,2-3,8-12,14H2,1H3;(H,3,4)(H,5,6)/t17-;/m0./s1. The van der Waals surface area contributed by atoms with E-state index in [9.17, 15) is 9.59 Å². The van der Waals surface area contributed by atoms with Gasteiger partial charge in [-0.3, -0.25) is 9.69 Å². The zero-order valence-corrected chi connectivity index (χ0v) is 17.9. The summed E-state index contributed by atoms with van der Waals surface area (Å²) in [5, 5.41) is 26.9. The Morgan fingerprint density at radius 2 is 1.78 bits per heavy atom. The van der Waals surface area contributed by atoms with E-state index in [1.54, 1.807) is 14.7 Å². The van der Waals surface area contributed by atoms with Gasteiger partial charge in [-0.1, -0.05) is 17.7 Å². The van der Waals surface area contributed by atoms with Crippen LogP contribution in [-0.2, 0) is 14.4 Å². The average molecular weight is 445 g/mol. The molecule has 3 rings (SSSR count). The van der Waals surface area contributed by atoms with Crippen molar-refractivity contribution in [3.63, 3.8) is 0 Å². The predicted octanol–water partition coefficient (Wildman–Crippen LogP) is 0.497. The van der Waals surface area contributed by atoms with E-state index in [-0.39, 0.29) is 24.5 Å². The Morgan fingerprint density at radius 3 is 2.38 bits per heavy atom. The van der Waals surface area contributed by atoms with Gasteiger partial charge in [0.25, 0.3) is 0 Å². The number of anilines is 1. The van der Waals surface area contributed by atoms with Gasteiger partial charge in [0, 0.05) is 38.4 Å². The largest absolute Gasteiger partial charge is 0.473 e. The second-order valence-corrected chi connectivity index (χ2v) is 7.42. The number of hydrogen-bond acceptors (Lipinski definition) is 6. The van der Waals surface area contributed by atoms with Gasteiger partial charge in [-0.05, 0) is 31.9 Å². The SMILES string of the molecule is Cc1ccc(N2CCN(CCNCC(=O)N3CCC[C@H]3C#N)C2=O)cc1.O=C(O)C(=O)O. The molecule has 0 saturated carbocycles. The molecule has 0 bridgehead atoms. The molecule has 0 unspecified atom stereocenters. The minimum absolute atomic E-state index is 0.00562. The zero-order valence-electron chi connectivity index (χ0n) is 17.9. The Balaban J connectivity index is 0.000000534. The molecule has 0 radical (unpaired) electrons. The number of likely N-dealkylation sites (tertiary alicyclic amines) is 1. The van der Waals surface area contributed by atoms with Gasteiger partial charge in [0.1, 0.15) is 6.04 Å². The van der Waals surface area contributed by atoms with Crippen molar-refractivity contribution in [1.82, 2.24) is 15.1 Å². The topological polar surface area (TPSA) is 154 Å². The number of carboxylic acids is 2. The van der Waals surface area contributed by atoms with Gasteiger partial charge in [0.15, 0.2) is 0 Å². The quantitative estimate of drug-likeness (QED) is 0.422. The lowest BCUT2D eigenvalue weighted by molar-refractivity contribution is -0.159. The van der Waals surface area contributed by atoms with E-state index in [2.05, 4.69) is 11.4 Å². The Morgan fingerprint density at radius 1 is 1.12 bits per heavy atom. The van der Waals surface area contributed by atoms with E-state index in [4.69, 9.17) is 25.1 Å². The van der Waals surface area contributed by atoms with Crippen molar-refractivity contribution in [2.24, 2.45) is 0 Å². The van der Waals surface area contributed by atoms with Crippen molar-refractivity contribution in [2.45, 2.75) is 25.8 Å². The fraction of sp³-hybridized carbons (Fsp3) is 0.476. The summed E-state index contributed by atoms with van der Waals surface area (Å²) < 4.78 is 0. The first-order valence-corrected chi connectivity index (χ1v) is 10.2. The van der Waals surface area contributed by atoms with Gasteiger partial charge in [-0.25, -0.2) is 14.4 Å². The molecule has 3 amide bonds. The number of aryl methyl sites for hydroxylation is 1. The Hall–Kier alpha value is -3.65. The van der Waals surface area contributed by atoms with Gasteiger partial charge >= 0.3 is 18.0 Å². The highest BCUT2D eigenvalue weighted by atomic mass is 16.4. The van der Waals surface area contributed by atoms with Gasteiger partial charge < -0.3 is 25.3 Å². The summed E-state index contributed by atoms with van der Waals surface area (Å²) in [5.74, 6) is -3.69. The predicted molar refractivity (Wildman–Crippen MR) is 114 cm³/mol. The molecular formula is C21H27N5O6. The number of aliphatic carboxylic acids is 2. The number of amides is 3. The number of nitrogens with one attached hydrogen (secondary N) is 1. The molecule has 0 spiro atoms. The highest BCUT2D eigenvalue weighted by Gasteiger charge is 2.30. The van der Waals surface area contributed by atoms with E-state index >= 15 is 0 Å². The van der Waals surface area contributed by atoms with Crippen molar-refractivity contribution >= 4 is 29.6 Å². The summed E-state index contributed by atoms with van der Waals surface area (Å²) in [6, 6.07) is 9.85. The maximum Gasteiger partial charge on any atom is 0.414 e. The molecule has 1 aromatic carbocycles. The van der Waals surface area contributed by atoms with Crippen LogP contribution in [0.2, 0.25) is 0 Å². The number of urea groups is 1. The molecule has 2 aliphatic heterocycles. The molecular weight excluding hydrogens is 418 g/mol. The lowest BCUT2D eigenvalue weighted by atomic mass is 10.2. The van der Waals surface area contributed by atoms with Crippen LogP contribution in [0.5, 0.6) is 0 Å². The molecule has 0 aliphatic carbocycles. The first-order valence-electron chi connectivity index (χ1n) is 10.2. The Labute approximate surface area is 185 Å². The molecule has 172 valence electrons. The number of nitriles is 1. The van der Waals surface area contributed by atoms with E-state index < -0.39 is 11.9 Å². The number of hydrogen-bond donors (Lipinski definition) is 3. The summed E-state index contributed by atoms with van der Waals surface area (Å²) in [5.41, 5.74) is 2.09. The van der Waals surface area contributed by atoms with Crippen LogP contribution in [-0.4, -0.2) is 89.2 Å². The van der Waals surface area contributed by atoms with Crippen LogP contribution in [0.25, 0.3) is 0 Å². The molecule has 2 aliphatic rings. The van der Waals surface area contributed by atoms with Crippen LogP contribution in [0, 0.1) is 18.3 Å². The molecule has 0 aromatic heterocycles. The van der Waals surface area contributed by atoms with Gasteiger partial charge in [-0.2, -0.15) is 5.26 Å². The second-order valence-electron chi connectivity index (χ2n) is 7.42. The average Bonchev–Trinajstić information content (AvgIpc) is 3.39. The normalized spacial score (nSPS) is 17.6. The summed E-state index contributed by atoms with van der Waals surface area (Å²) >= 11 is 0. The Bertz CT molecular complexity index is 870. The summed E-state index contributed by atoms with van der Waals surface area (Å²) in [7, 11) is 0. The minimum atomic E-state index is -1.82. The maximum absolute atomic E-state index is 12.5. The van der Waals surface area contributed by atoms with Crippen molar-refractivity contribution in [1.29, 1.82) is 5.26 Å². The highest BCUT2D eigenvalue weighted by Crippen LogP contribution is 2.20. The molecule has 1 aromatic rings. The van der Waals surface area contributed by atoms with E-state index in [1.165, 1.54) is 5.56 Å².